The van der Waals surface area contributed by atoms with Gasteiger partial charge in [0.05, 0.1) is 0 Å². The van der Waals surface area contributed by atoms with Gasteiger partial charge >= 0.3 is 0 Å². The van der Waals surface area contributed by atoms with Crippen LogP contribution in [-0.2, 0) is 0 Å². The van der Waals surface area contributed by atoms with Gasteiger partial charge in [-0.15, -0.1) is 11.3 Å². The van der Waals surface area contributed by atoms with E-state index >= 15 is 0 Å². The van der Waals surface area contributed by atoms with E-state index in [1.54, 1.807) is 0 Å². The first kappa shape index (κ1) is 32.4. The molecule has 2 heteroatoms. The first-order chi connectivity index (χ1) is 27.7. The molecule has 0 N–H and O–H groups in total. The predicted octanol–water partition coefficient (Wildman–Crippen LogP) is 16.0. The van der Waals surface area contributed by atoms with E-state index in [0.29, 0.717) is 0 Å². The quantitative estimate of drug-likeness (QED) is 0.165. The maximum atomic E-state index is 2.42. The van der Waals surface area contributed by atoms with Crippen LogP contribution < -0.4 is 4.90 Å². The van der Waals surface area contributed by atoms with Crippen LogP contribution in [0.2, 0.25) is 0 Å². The molecule has 0 aliphatic rings. The summed E-state index contributed by atoms with van der Waals surface area (Å²) in [6, 6.07) is 77.9. The second-order valence-electron chi connectivity index (χ2n) is 14.6. The Morgan fingerprint density at radius 2 is 0.732 bits per heavy atom. The van der Waals surface area contributed by atoms with Gasteiger partial charge in [-0.05, 0) is 132 Å². The second kappa shape index (κ2) is 13.4. The zero-order valence-electron chi connectivity index (χ0n) is 30.6. The van der Waals surface area contributed by atoms with Gasteiger partial charge in [0.2, 0.25) is 0 Å². The Hall–Kier alpha value is -7.00. The number of hydrogen-bond acceptors (Lipinski definition) is 2. The summed E-state index contributed by atoms with van der Waals surface area (Å²) in [6.07, 6.45) is 0. The molecule has 56 heavy (non-hydrogen) atoms. The average molecular weight is 730 g/mol. The monoisotopic (exact) mass is 729 g/mol. The Balaban J connectivity index is 1.02. The smallest absolute Gasteiger partial charge is 0.0468 e. The average Bonchev–Trinajstić information content (AvgIpc) is 3.62. The third kappa shape index (κ3) is 5.80. The van der Waals surface area contributed by atoms with E-state index in [-0.39, 0.29) is 0 Å². The van der Waals surface area contributed by atoms with Crippen molar-refractivity contribution in [1.82, 2.24) is 0 Å². The number of rotatable bonds is 6. The van der Waals surface area contributed by atoms with Gasteiger partial charge in [0.15, 0.2) is 0 Å². The molecule has 0 unspecified atom stereocenters. The molecule has 1 nitrogen and oxygen atoms in total. The highest BCUT2D eigenvalue weighted by molar-refractivity contribution is 7.25. The van der Waals surface area contributed by atoms with Crippen LogP contribution >= 0.6 is 11.3 Å². The molecule has 1 heterocycles. The van der Waals surface area contributed by atoms with Gasteiger partial charge in [-0.2, -0.15) is 0 Å². The lowest BCUT2D eigenvalue weighted by Crippen LogP contribution is -2.10. The Morgan fingerprint density at radius 1 is 0.250 bits per heavy atom. The molecule has 0 aliphatic carbocycles. The molecule has 11 aromatic rings. The van der Waals surface area contributed by atoms with Gasteiger partial charge in [-0.1, -0.05) is 146 Å². The van der Waals surface area contributed by atoms with E-state index in [2.05, 4.69) is 217 Å². The summed E-state index contributed by atoms with van der Waals surface area (Å²) >= 11 is 1.87. The van der Waals surface area contributed by atoms with Crippen molar-refractivity contribution in [2.24, 2.45) is 0 Å². The van der Waals surface area contributed by atoms with Gasteiger partial charge in [-0.25, -0.2) is 0 Å². The summed E-state index contributed by atoms with van der Waals surface area (Å²) in [5, 5.41) is 10.1. The van der Waals surface area contributed by atoms with Crippen LogP contribution in [0.1, 0.15) is 0 Å². The minimum atomic E-state index is 1.12. The summed E-state index contributed by atoms with van der Waals surface area (Å²) in [6.45, 7) is 0. The molecule has 0 aliphatic heterocycles. The van der Waals surface area contributed by atoms with Crippen LogP contribution in [0.25, 0.3) is 85.9 Å². The van der Waals surface area contributed by atoms with E-state index in [0.717, 1.165) is 17.1 Å². The normalized spacial score (nSPS) is 11.6. The predicted molar refractivity (Wildman–Crippen MR) is 243 cm³/mol. The van der Waals surface area contributed by atoms with Crippen LogP contribution in [0.3, 0.4) is 0 Å². The lowest BCUT2D eigenvalue weighted by atomic mass is 9.97. The molecule has 0 saturated carbocycles. The van der Waals surface area contributed by atoms with Crippen LogP contribution in [0.15, 0.2) is 212 Å². The Labute approximate surface area is 330 Å². The summed E-state index contributed by atoms with van der Waals surface area (Å²) in [5.74, 6) is 0. The molecule has 0 spiro atoms. The highest BCUT2D eigenvalue weighted by atomic mass is 32.1. The van der Waals surface area contributed by atoms with E-state index in [9.17, 15) is 0 Å². The van der Waals surface area contributed by atoms with E-state index < -0.39 is 0 Å². The number of benzene rings is 10. The molecular weight excluding hydrogens is 695 g/mol. The fourth-order valence-electron chi connectivity index (χ4n) is 8.27. The Bertz CT molecular complexity index is 3250. The minimum Gasteiger partial charge on any atom is -0.310 e. The Kier molecular flexibility index (Phi) is 7.75. The molecular formula is C54H35NS. The number of nitrogens with zero attached hydrogens (tertiary/aromatic N) is 1. The zero-order chi connectivity index (χ0) is 37.0. The summed E-state index contributed by atoms with van der Waals surface area (Å²) in [7, 11) is 0. The van der Waals surface area contributed by atoms with E-state index in [4.69, 9.17) is 0 Å². The molecule has 0 radical (unpaired) electrons. The minimum absolute atomic E-state index is 1.12. The van der Waals surface area contributed by atoms with Crippen molar-refractivity contribution < 1.29 is 0 Å². The number of fused-ring (bicyclic) bond motifs is 6. The van der Waals surface area contributed by atoms with Gasteiger partial charge in [-0.3, -0.25) is 0 Å². The van der Waals surface area contributed by atoms with Crippen molar-refractivity contribution in [3.05, 3.63) is 212 Å². The molecule has 0 fully saturated rings. The van der Waals surface area contributed by atoms with Crippen LogP contribution in [0.4, 0.5) is 17.1 Å². The first-order valence-electron chi connectivity index (χ1n) is 19.1. The highest BCUT2D eigenvalue weighted by Gasteiger charge is 2.17. The number of thiophene rings is 1. The third-order valence-electron chi connectivity index (χ3n) is 11.2. The van der Waals surface area contributed by atoms with Crippen LogP contribution in [0, 0.1) is 0 Å². The van der Waals surface area contributed by atoms with Gasteiger partial charge in [0.25, 0.3) is 0 Å². The largest absolute Gasteiger partial charge is 0.310 e. The molecule has 1 aromatic heterocycles. The topological polar surface area (TPSA) is 3.24 Å². The van der Waals surface area contributed by atoms with Gasteiger partial charge < -0.3 is 4.90 Å². The van der Waals surface area contributed by atoms with Crippen molar-refractivity contribution in [1.29, 1.82) is 0 Å². The SMILES string of the molecule is c1ccc(-c2cccc(N(c3ccc4ccc(-c5ccc(-c6ccc7ccccc7c6)cc5)cc4c3)c3ccc4sc5cc6ccccc6cc5c4c3)c2)cc1. The fourth-order valence-corrected chi connectivity index (χ4v) is 9.39. The summed E-state index contributed by atoms with van der Waals surface area (Å²) in [4.78, 5) is 2.42. The number of hydrogen-bond donors (Lipinski definition) is 0. The molecule has 0 atom stereocenters. The molecule has 11 rings (SSSR count). The van der Waals surface area contributed by atoms with Crippen LogP contribution in [0.5, 0.6) is 0 Å². The molecule has 0 bridgehead atoms. The number of anilines is 3. The highest BCUT2D eigenvalue weighted by Crippen LogP contribution is 2.43. The van der Waals surface area contributed by atoms with Crippen molar-refractivity contribution in [2.75, 3.05) is 4.90 Å². The molecule has 262 valence electrons. The molecule has 0 saturated heterocycles. The van der Waals surface area contributed by atoms with E-state index in [1.807, 2.05) is 11.3 Å². The molecule has 0 amide bonds. The van der Waals surface area contributed by atoms with Gasteiger partial charge in [0, 0.05) is 37.2 Å². The lowest BCUT2D eigenvalue weighted by molar-refractivity contribution is 1.30. The van der Waals surface area contributed by atoms with Crippen molar-refractivity contribution in [2.45, 2.75) is 0 Å². The lowest BCUT2D eigenvalue weighted by Gasteiger charge is -2.26. The van der Waals surface area contributed by atoms with Crippen molar-refractivity contribution in [3.63, 3.8) is 0 Å². The van der Waals surface area contributed by atoms with Crippen molar-refractivity contribution >= 4 is 80.9 Å². The van der Waals surface area contributed by atoms with Crippen molar-refractivity contribution in [3.8, 4) is 33.4 Å². The molecule has 10 aromatic carbocycles. The maximum Gasteiger partial charge on any atom is 0.0468 e. The zero-order valence-corrected chi connectivity index (χ0v) is 31.4. The summed E-state index contributed by atoms with van der Waals surface area (Å²) in [5.41, 5.74) is 10.6. The Morgan fingerprint density at radius 3 is 1.48 bits per heavy atom. The standard InChI is InChI=1S/C54H35NS/c1-2-9-36(10-3-1)42-15-8-16-48(31-42)55(50-27-28-53-52(35-50)51-33-43-13-6-7-14-44(43)34-54(51)56-53)49-26-25-40-22-24-46(30-47(40)32-49)39-19-17-38(18-20-39)45-23-21-37-11-4-5-12-41(37)29-45/h1-35H. The van der Waals surface area contributed by atoms with Crippen LogP contribution in [-0.4, -0.2) is 0 Å². The van der Waals surface area contributed by atoms with Gasteiger partial charge in [0.1, 0.15) is 0 Å². The van der Waals surface area contributed by atoms with E-state index in [1.165, 1.54) is 85.9 Å². The first-order valence-corrected chi connectivity index (χ1v) is 20.0. The third-order valence-corrected chi connectivity index (χ3v) is 12.3. The summed E-state index contributed by atoms with van der Waals surface area (Å²) < 4.78 is 2.61. The maximum absolute atomic E-state index is 2.42. The second-order valence-corrected chi connectivity index (χ2v) is 15.7. The fraction of sp³-hybridized carbons (Fsp3) is 0.